The number of aromatic nitrogens is 3. The van der Waals surface area contributed by atoms with Crippen molar-refractivity contribution in [2.75, 3.05) is 6.54 Å². The second-order valence-corrected chi connectivity index (χ2v) is 10.8. The lowest BCUT2D eigenvalue weighted by molar-refractivity contribution is 0.0694. The summed E-state index contributed by atoms with van der Waals surface area (Å²) in [4.78, 5) is 17.5. The number of amides is 1. The van der Waals surface area contributed by atoms with Crippen LogP contribution in [0, 0.1) is 17.0 Å². The Morgan fingerprint density at radius 1 is 1.17 bits per heavy atom. The minimum atomic E-state index is -1.03. The van der Waals surface area contributed by atoms with Gasteiger partial charge in [-0.05, 0) is 73.9 Å². The third-order valence-corrected chi connectivity index (χ3v) is 7.74. The van der Waals surface area contributed by atoms with Gasteiger partial charge in [0.15, 0.2) is 0 Å². The number of halogens is 2. The topological polar surface area (TPSA) is 88.0 Å². The summed E-state index contributed by atoms with van der Waals surface area (Å²) in [7, 11) is 0. The van der Waals surface area contributed by atoms with Gasteiger partial charge in [0, 0.05) is 18.3 Å². The van der Waals surface area contributed by atoms with Crippen LogP contribution in [0.3, 0.4) is 0 Å². The maximum Gasteiger partial charge on any atom is 0.251 e. The molecule has 2 N–H and O–H groups in total. The fourth-order valence-corrected chi connectivity index (χ4v) is 5.96. The highest BCUT2D eigenvalue weighted by molar-refractivity contribution is 5.94. The van der Waals surface area contributed by atoms with Crippen molar-refractivity contribution in [1.82, 2.24) is 20.5 Å². The predicted octanol–water partition coefficient (Wildman–Crippen LogP) is 4.52. The third kappa shape index (κ3) is 3.54. The van der Waals surface area contributed by atoms with Crippen LogP contribution in [0.1, 0.15) is 73.8 Å². The van der Waals surface area contributed by atoms with Gasteiger partial charge in [0.05, 0.1) is 33.7 Å². The van der Waals surface area contributed by atoms with Crippen molar-refractivity contribution in [3.05, 3.63) is 76.7 Å². The van der Waals surface area contributed by atoms with Gasteiger partial charge < -0.3 is 10.4 Å². The summed E-state index contributed by atoms with van der Waals surface area (Å²) < 4.78 is 28.9. The number of hydrogen-bond acceptors (Lipinski definition) is 5. The molecule has 2 aliphatic carbocycles. The molecule has 1 aromatic carbocycles. The van der Waals surface area contributed by atoms with Crippen molar-refractivity contribution < 1.29 is 18.7 Å². The van der Waals surface area contributed by atoms with E-state index in [0.717, 1.165) is 29.8 Å². The second-order valence-electron chi connectivity index (χ2n) is 10.8. The third-order valence-electron chi connectivity index (χ3n) is 7.74. The van der Waals surface area contributed by atoms with Gasteiger partial charge in [-0.25, -0.2) is 8.78 Å². The van der Waals surface area contributed by atoms with Gasteiger partial charge in [0.25, 0.3) is 5.91 Å². The molecule has 0 radical (unpaired) electrons. The number of benzene rings is 1. The predicted molar refractivity (Wildman–Crippen MR) is 127 cm³/mol. The molecular weight excluding hydrogens is 450 g/mol. The SMILES string of the molecule is CC(C)(O)CNC(=O)c1ccnc([C@@]23CC[C@@H](c4cc(-c5c(F)cccc5F)nnc42)C3(C)C)c1. The van der Waals surface area contributed by atoms with E-state index in [2.05, 4.69) is 34.3 Å². The lowest BCUT2D eigenvalue weighted by Gasteiger charge is -2.37. The van der Waals surface area contributed by atoms with Gasteiger partial charge in [-0.2, -0.15) is 5.10 Å². The molecule has 2 aliphatic rings. The van der Waals surface area contributed by atoms with Crippen molar-refractivity contribution in [3.63, 3.8) is 0 Å². The van der Waals surface area contributed by atoms with Crippen LogP contribution < -0.4 is 5.32 Å². The van der Waals surface area contributed by atoms with E-state index in [1.807, 2.05) is 0 Å². The summed E-state index contributed by atoms with van der Waals surface area (Å²) in [5, 5.41) is 21.5. The molecule has 0 spiro atoms. The van der Waals surface area contributed by atoms with Gasteiger partial charge >= 0.3 is 0 Å². The molecule has 1 saturated carbocycles. The Labute approximate surface area is 202 Å². The monoisotopic (exact) mass is 478 g/mol. The Balaban J connectivity index is 1.59. The van der Waals surface area contributed by atoms with Gasteiger partial charge in [-0.3, -0.25) is 9.78 Å². The fraction of sp³-hybridized carbons (Fsp3) is 0.407. The molecule has 8 heteroatoms. The first-order valence-electron chi connectivity index (χ1n) is 11.8. The number of nitrogens with one attached hydrogen (secondary N) is 1. The van der Waals surface area contributed by atoms with Crippen molar-refractivity contribution in [3.8, 4) is 11.3 Å². The van der Waals surface area contributed by atoms with Crippen molar-refractivity contribution in [2.24, 2.45) is 5.41 Å². The maximum absolute atomic E-state index is 14.5. The van der Waals surface area contributed by atoms with Crippen molar-refractivity contribution in [2.45, 2.75) is 57.5 Å². The Morgan fingerprint density at radius 3 is 2.57 bits per heavy atom. The molecule has 0 unspecified atom stereocenters. The van der Waals surface area contributed by atoms with E-state index in [-0.39, 0.29) is 35.0 Å². The van der Waals surface area contributed by atoms with E-state index in [9.17, 15) is 18.7 Å². The minimum absolute atomic E-state index is 0.107. The highest BCUT2D eigenvalue weighted by Gasteiger charge is 2.65. The highest BCUT2D eigenvalue weighted by atomic mass is 19.1. The number of carbonyl (C=O) groups is 1. The zero-order valence-corrected chi connectivity index (χ0v) is 20.2. The quantitative estimate of drug-likeness (QED) is 0.563. The molecule has 35 heavy (non-hydrogen) atoms. The summed E-state index contributed by atoms with van der Waals surface area (Å²) in [5.41, 5.74) is 0.920. The Bertz CT molecular complexity index is 1310. The molecular formula is C27H28F2N4O2. The molecule has 0 aliphatic heterocycles. The average Bonchev–Trinajstić information content (AvgIpc) is 3.18. The lowest BCUT2D eigenvalue weighted by Crippen LogP contribution is -2.39. The largest absolute Gasteiger partial charge is 0.389 e. The molecule has 1 amide bonds. The number of pyridine rings is 1. The van der Waals surface area contributed by atoms with Crippen LogP contribution in [0.4, 0.5) is 8.78 Å². The summed E-state index contributed by atoms with van der Waals surface area (Å²) in [6.45, 7) is 7.67. The Hall–Kier alpha value is -3.26. The van der Waals surface area contributed by atoms with Crippen LogP contribution in [0.25, 0.3) is 11.3 Å². The second kappa shape index (κ2) is 7.88. The van der Waals surface area contributed by atoms with E-state index >= 15 is 0 Å². The number of carbonyl (C=O) groups excluding carboxylic acids is 1. The van der Waals surface area contributed by atoms with Gasteiger partial charge in [0.2, 0.25) is 0 Å². The first-order valence-corrected chi connectivity index (χ1v) is 11.8. The number of fused-ring (bicyclic) bond motifs is 5. The molecule has 6 nitrogen and oxygen atoms in total. The minimum Gasteiger partial charge on any atom is -0.389 e. The molecule has 2 heterocycles. The number of nitrogens with zero attached hydrogens (tertiary/aromatic N) is 3. The van der Waals surface area contributed by atoms with Gasteiger partial charge in [-0.15, -0.1) is 5.10 Å². The first-order chi connectivity index (χ1) is 16.5. The van der Waals surface area contributed by atoms with Crippen LogP contribution >= 0.6 is 0 Å². The van der Waals surface area contributed by atoms with Crippen LogP contribution in [0.15, 0.2) is 42.6 Å². The standard InChI is InChI=1S/C27H28F2N4O2/c1-25(2,35)14-31-24(34)15-9-11-30-21(12-15)27-10-8-17(26(27,3)4)16-13-20(32-33-23(16)27)22-18(28)6-5-7-19(22)29/h5-7,9,11-13,17,35H,8,10,14H2,1-4H3,(H,31,34)/t17-,27-/m0/s1. The lowest BCUT2D eigenvalue weighted by atomic mass is 9.66. The Morgan fingerprint density at radius 2 is 1.89 bits per heavy atom. The maximum atomic E-state index is 14.5. The molecule has 3 aromatic rings. The van der Waals surface area contributed by atoms with E-state index in [1.54, 1.807) is 38.2 Å². The molecule has 5 rings (SSSR count). The van der Waals surface area contributed by atoms with E-state index < -0.39 is 22.7 Å². The van der Waals surface area contributed by atoms with Gasteiger partial charge in [0.1, 0.15) is 11.6 Å². The Kier molecular flexibility index (Phi) is 5.29. The number of aliphatic hydroxyl groups is 1. The normalized spacial score (nSPS) is 22.2. The van der Waals surface area contributed by atoms with Gasteiger partial charge in [-0.1, -0.05) is 19.9 Å². The molecule has 1 fully saturated rings. The summed E-state index contributed by atoms with van der Waals surface area (Å²) in [6.07, 6.45) is 3.25. The van der Waals surface area contributed by atoms with Crippen LogP contribution in [0.2, 0.25) is 0 Å². The van der Waals surface area contributed by atoms with Crippen molar-refractivity contribution >= 4 is 5.91 Å². The van der Waals surface area contributed by atoms with E-state index in [0.29, 0.717) is 5.56 Å². The zero-order chi connectivity index (χ0) is 25.2. The first kappa shape index (κ1) is 23.5. The fourth-order valence-electron chi connectivity index (χ4n) is 5.96. The summed E-state index contributed by atoms with van der Waals surface area (Å²) >= 11 is 0. The smallest absolute Gasteiger partial charge is 0.251 e. The molecule has 0 saturated heterocycles. The van der Waals surface area contributed by atoms with Crippen LogP contribution in [-0.4, -0.2) is 38.3 Å². The number of hydrogen-bond donors (Lipinski definition) is 2. The van der Waals surface area contributed by atoms with E-state index in [1.165, 1.54) is 18.2 Å². The van der Waals surface area contributed by atoms with E-state index in [4.69, 9.17) is 0 Å². The van der Waals surface area contributed by atoms with Crippen molar-refractivity contribution in [1.29, 1.82) is 0 Å². The van der Waals surface area contributed by atoms with Crippen LogP contribution in [0.5, 0.6) is 0 Å². The average molecular weight is 479 g/mol. The highest BCUT2D eigenvalue weighted by Crippen LogP contribution is 2.69. The molecule has 2 bridgehead atoms. The van der Waals surface area contributed by atoms with Crippen LogP contribution in [-0.2, 0) is 5.41 Å². The zero-order valence-electron chi connectivity index (χ0n) is 20.2. The number of rotatable bonds is 5. The molecule has 2 aromatic heterocycles. The summed E-state index contributed by atoms with van der Waals surface area (Å²) in [5.74, 6) is -1.55. The molecule has 182 valence electrons. The molecule has 2 atom stereocenters. The summed E-state index contributed by atoms with van der Waals surface area (Å²) in [6, 6.07) is 8.94.